The average Bonchev–Trinajstić information content (AvgIpc) is 2.59. The van der Waals surface area contributed by atoms with Gasteiger partial charge in [-0.1, -0.05) is 35.3 Å². The van der Waals surface area contributed by atoms with Crippen LogP contribution in [0.1, 0.15) is 23.7 Å². The van der Waals surface area contributed by atoms with Crippen molar-refractivity contribution < 1.29 is 14.3 Å². The summed E-state index contributed by atoms with van der Waals surface area (Å²) in [4.78, 5) is 23.9. The van der Waals surface area contributed by atoms with Crippen molar-refractivity contribution in [3.63, 3.8) is 0 Å². The molecule has 7 heteroatoms. The van der Waals surface area contributed by atoms with E-state index in [1.54, 1.807) is 49.4 Å². The van der Waals surface area contributed by atoms with Crippen LogP contribution in [0.15, 0.2) is 42.5 Å². The van der Waals surface area contributed by atoms with Crippen LogP contribution >= 0.6 is 23.2 Å². The first-order valence-electron chi connectivity index (χ1n) is 7.76. The number of carbonyl (C=O) groups excluding carboxylic acids is 2. The van der Waals surface area contributed by atoms with Crippen LogP contribution in [0.5, 0.6) is 0 Å². The first-order valence-corrected chi connectivity index (χ1v) is 8.51. The standard InChI is InChI=1S/C18H18Cl2N2O3/c1-2-25-18(24)13-5-3-4-6-16(13)21-10-9-17(23)22-12-7-8-14(19)15(20)11-12/h3-8,11,21H,2,9-10H2,1H3,(H,22,23). The molecule has 0 saturated heterocycles. The quantitative estimate of drug-likeness (QED) is 0.688. The lowest BCUT2D eigenvalue weighted by Crippen LogP contribution is -2.17. The third kappa shape index (κ3) is 5.66. The van der Waals surface area contributed by atoms with Crippen molar-refractivity contribution >= 4 is 46.5 Å². The van der Waals surface area contributed by atoms with Gasteiger partial charge in [-0.25, -0.2) is 4.79 Å². The monoisotopic (exact) mass is 380 g/mol. The molecule has 2 aromatic rings. The molecule has 0 heterocycles. The number of nitrogens with one attached hydrogen (secondary N) is 2. The number of halogens is 2. The van der Waals surface area contributed by atoms with E-state index in [-0.39, 0.29) is 12.3 Å². The molecule has 0 spiro atoms. The molecule has 0 bridgehead atoms. The Kier molecular flexibility index (Phi) is 7.10. The van der Waals surface area contributed by atoms with Crippen molar-refractivity contribution in [3.8, 4) is 0 Å². The van der Waals surface area contributed by atoms with Crippen LogP contribution < -0.4 is 10.6 Å². The van der Waals surface area contributed by atoms with Gasteiger partial charge in [0, 0.05) is 24.3 Å². The Bertz CT molecular complexity index is 766. The lowest BCUT2D eigenvalue weighted by Gasteiger charge is -2.11. The highest BCUT2D eigenvalue weighted by Gasteiger charge is 2.12. The summed E-state index contributed by atoms with van der Waals surface area (Å²) < 4.78 is 5.01. The Morgan fingerprint density at radius 2 is 1.84 bits per heavy atom. The summed E-state index contributed by atoms with van der Waals surface area (Å²) in [6.45, 7) is 2.42. The first kappa shape index (κ1) is 19.1. The van der Waals surface area contributed by atoms with Crippen LogP contribution in [0.3, 0.4) is 0 Å². The number of rotatable bonds is 7. The van der Waals surface area contributed by atoms with E-state index in [9.17, 15) is 9.59 Å². The molecule has 0 atom stereocenters. The molecular formula is C18H18Cl2N2O3. The summed E-state index contributed by atoms with van der Waals surface area (Å²) >= 11 is 11.8. The number of hydrogen-bond acceptors (Lipinski definition) is 4. The molecule has 0 aliphatic carbocycles. The highest BCUT2D eigenvalue weighted by molar-refractivity contribution is 6.42. The number of carbonyl (C=O) groups is 2. The molecule has 0 aromatic heterocycles. The van der Waals surface area contributed by atoms with Crippen LogP contribution in [-0.4, -0.2) is 25.0 Å². The molecule has 5 nitrogen and oxygen atoms in total. The Labute approximate surface area is 156 Å². The van der Waals surface area contributed by atoms with E-state index in [4.69, 9.17) is 27.9 Å². The predicted octanol–water partition coefficient (Wildman–Crippen LogP) is 4.61. The van der Waals surface area contributed by atoms with Gasteiger partial charge in [-0.3, -0.25) is 4.79 Å². The molecule has 0 radical (unpaired) electrons. The minimum Gasteiger partial charge on any atom is -0.462 e. The molecule has 25 heavy (non-hydrogen) atoms. The molecule has 0 unspecified atom stereocenters. The summed E-state index contributed by atoms with van der Waals surface area (Å²) in [5.41, 5.74) is 1.64. The van der Waals surface area contributed by atoms with E-state index in [1.807, 2.05) is 0 Å². The Balaban J connectivity index is 1.89. The molecule has 0 aliphatic heterocycles. The fourth-order valence-electron chi connectivity index (χ4n) is 2.13. The first-order chi connectivity index (χ1) is 12.0. The number of amides is 1. The number of anilines is 2. The van der Waals surface area contributed by atoms with Crippen LogP contribution in [0, 0.1) is 0 Å². The zero-order valence-corrected chi connectivity index (χ0v) is 15.2. The van der Waals surface area contributed by atoms with Crippen LogP contribution in [0.25, 0.3) is 0 Å². The molecule has 2 N–H and O–H groups in total. The lowest BCUT2D eigenvalue weighted by molar-refractivity contribution is -0.115. The number of esters is 1. The van der Waals surface area contributed by atoms with E-state index in [0.29, 0.717) is 40.1 Å². The van der Waals surface area contributed by atoms with Crippen LogP contribution in [0.2, 0.25) is 10.0 Å². The number of hydrogen-bond donors (Lipinski definition) is 2. The molecule has 1 amide bonds. The second-order valence-electron chi connectivity index (χ2n) is 5.12. The van der Waals surface area contributed by atoms with E-state index < -0.39 is 5.97 Å². The van der Waals surface area contributed by atoms with Gasteiger partial charge in [-0.15, -0.1) is 0 Å². The maximum absolute atomic E-state index is 12.0. The SMILES string of the molecule is CCOC(=O)c1ccccc1NCCC(=O)Nc1ccc(Cl)c(Cl)c1. The molecule has 0 saturated carbocycles. The van der Waals surface area contributed by atoms with Gasteiger partial charge in [0.25, 0.3) is 0 Å². The second kappa shape index (κ2) is 9.30. The molecular weight excluding hydrogens is 363 g/mol. The topological polar surface area (TPSA) is 67.4 Å². The van der Waals surface area contributed by atoms with Crippen molar-refractivity contribution in [2.75, 3.05) is 23.8 Å². The highest BCUT2D eigenvalue weighted by atomic mass is 35.5. The molecule has 0 fully saturated rings. The number of benzene rings is 2. The van der Waals surface area contributed by atoms with Gasteiger partial charge in [-0.2, -0.15) is 0 Å². The predicted molar refractivity (Wildman–Crippen MR) is 101 cm³/mol. The van der Waals surface area contributed by atoms with Crippen molar-refractivity contribution in [2.45, 2.75) is 13.3 Å². The van der Waals surface area contributed by atoms with Crippen molar-refractivity contribution in [1.29, 1.82) is 0 Å². The van der Waals surface area contributed by atoms with Gasteiger partial charge in [0.2, 0.25) is 5.91 Å². The molecule has 132 valence electrons. The third-order valence-corrected chi connectivity index (χ3v) is 4.03. The highest BCUT2D eigenvalue weighted by Crippen LogP contribution is 2.25. The van der Waals surface area contributed by atoms with Crippen LogP contribution in [-0.2, 0) is 9.53 Å². The van der Waals surface area contributed by atoms with Gasteiger partial charge in [-0.05, 0) is 37.3 Å². The molecule has 2 aromatic carbocycles. The van der Waals surface area contributed by atoms with E-state index >= 15 is 0 Å². The lowest BCUT2D eigenvalue weighted by atomic mass is 10.1. The zero-order chi connectivity index (χ0) is 18.2. The van der Waals surface area contributed by atoms with Gasteiger partial charge in [0.1, 0.15) is 0 Å². The summed E-state index contributed by atoms with van der Waals surface area (Å²) in [6.07, 6.45) is 0.220. The van der Waals surface area contributed by atoms with Crippen molar-refractivity contribution in [2.24, 2.45) is 0 Å². The summed E-state index contributed by atoms with van der Waals surface area (Å²) in [6, 6.07) is 11.9. The fourth-order valence-corrected chi connectivity index (χ4v) is 2.43. The van der Waals surface area contributed by atoms with Crippen LogP contribution in [0.4, 0.5) is 11.4 Å². The van der Waals surface area contributed by atoms with Gasteiger partial charge in [0.15, 0.2) is 0 Å². The van der Waals surface area contributed by atoms with Gasteiger partial charge >= 0.3 is 5.97 Å². The Hall–Kier alpha value is -2.24. The molecule has 2 rings (SSSR count). The maximum Gasteiger partial charge on any atom is 0.340 e. The minimum atomic E-state index is -0.397. The normalized spacial score (nSPS) is 10.2. The smallest absolute Gasteiger partial charge is 0.340 e. The average molecular weight is 381 g/mol. The largest absolute Gasteiger partial charge is 0.462 e. The van der Waals surface area contributed by atoms with Gasteiger partial charge in [0.05, 0.1) is 22.2 Å². The second-order valence-corrected chi connectivity index (χ2v) is 5.93. The summed E-state index contributed by atoms with van der Waals surface area (Å²) in [5, 5.41) is 6.62. The third-order valence-electron chi connectivity index (χ3n) is 3.29. The van der Waals surface area contributed by atoms with Gasteiger partial charge < -0.3 is 15.4 Å². The maximum atomic E-state index is 12.0. The fraction of sp³-hybridized carbons (Fsp3) is 0.222. The zero-order valence-electron chi connectivity index (χ0n) is 13.6. The summed E-state index contributed by atoms with van der Waals surface area (Å²) in [7, 11) is 0. The Morgan fingerprint density at radius 3 is 2.56 bits per heavy atom. The number of ether oxygens (including phenoxy) is 1. The minimum absolute atomic E-state index is 0.181. The number of para-hydroxylation sites is 1. The van der Waals surface area contributed by atoms with E-state index in [0.717, 1.165) is 0 Å². The molecule has 0 aliphatic rings. The van der Waals surface area contributed by atoms with Crippen molar-refractivity contribution in [3.05, 3.63) is 58.1 Å². The summed E-state index contributed by atoms with van der Waals surface area (Å²) in [5.74, 6) is -0.578. The van der Waals surface area contributed by atoms with E-state index in [2.05, 4.69) is 10.6 Å². The van der Waals surface area contributed by atoms with Crippen molar-refractivity contribution in [1.82, 2.24) is 0 Å². The Morgan fingerprint density at radius 1 is 1.08 bits per heavy atom. The van der Waals surface area contributed by atoms with E-state index in [1.165, 1.54) is 0 Å².